The fourth-order valence-electron chi connectivity index (χ4n) is 5.28. The van der Waals surface area contributed by atoms with Gasteiger partial charge in [0, 0.05) is 48.9 Å². The molecule has 0 unspecified atom stereocenters. The minimum Gasteiger partial charge on any atom is -0.357 e. The molecule has 0 aliphatic carbocycles. The molecule has 0 radical (unpaired) electrons. The Kier molecular flexibility index (Phi) is 8.49. The van der Waals surface area contributed by atoms with Crippen LogP contribution in [0.1, 0.15) is 36.8 Å². The van der Waals surface area contributed by atoms with Gasteiger partial charge in [0.2, 0.25) is 5.91 Å². The van der Waals surface area contributed by atoms with Crippen LogP contribution in [-0.2, 0) is 11.3 Å². The molecule has 5 rings (SSSR count). The SMILES string of the molecule is O=C(C1CCN(Cc2ccncc2)CC1)N1CCC(/C(=N/Oc2ccccc2)c2ccc(Cl)cc2)CC1. The Hall–Kier alpha value is -3.22. The Morgan fingerprint density at radius 3 is 2.19 bits per heavy atom. The fraction of sp³-hybridized carbons (Fsp3) is 0.367. The third kappa shape index (κ3) is 6.76. The maximum atomic E-state index is 13.3. The van der Waals surface area contributed by atoms with E-state index in [0.717, 1.165) is 69.7 Å². The number of rotatable bonds is 7. The van der Waals surface area contributed by atoms with Crippen molar-refractivity contribution in [3.05, 3.63) is 95.3 Å². The van der Waals surface area contributed by atoms with E-state index < -0.39 is 0 Å². The molecule has 3 aromatic rings. The Bertz CT molecular complexity index is 1170. The number of hydrogen-bond donors (Lipinski definition) is 0. The highest BCUT2D eigenvalue weighted by atomic mass is 35.5. The Morgan fingerprint density at radius 1 is 0.865 bits per heavy atom. The number of likely N-dealkylation sites (tertiary alicyclic amines) is 2. The summed E-state index contributed by atoms with van der Waals surface area (Å²) in [6.45, 7) is 4.34. The highest BCUT2D eigenvalue weighted by Gasteiger charge is 2.32. The number of amides is 1. The number of oxime groups is 1. The summed E-state index contributed by atoms with van der Waals surface area (Å²) < 4.78 is 0. The number of piperidine rings is 2. The molecule has 2 aliphatic heterocycles. The van der Waals surface area contributed by atoms with Crippen molar-refractivity contribution in [2.75, 3.05) is 26.2 Å². The topological polar surface area (TPSA) is 58.0 Å². The Balaban J connectivity index is 1.17. The van der Waals surface area contributed by atoms with E-state index in [9.17, 15) is 4.79 Å². The summed E-state index contributed by atoms with van der Waals surface area (Å²) >= 11 is 6.13. The average molecular weight is 517 g/mol. The van der Waals surface area contributed by atoms with Crippen molar-refractivity contribution in [3.8, 4) is 5.75 Å². The van der Waals surface area contributed by atoms with Crippen molar-refractivity contribution in [2.45, 2.75) is 32.2 Å². The normalized spacial score (nSPS) is 18.1. The number of hydrogen-bond acceptors (Lipinski definition) is 5. The smallest absolute Gasteiger partial charge is 0.225 e. The summed E-state index contributed by atoms with van der Waals surface area (Å²) in [7, 11) is 0. The molecular weight excluding hydrogens is 484 g/mol. The molecule has 37 heavy (non-hydrogen) atoms. The molecule has 2 aliphatic rings. The molecule has 0 spiro atoms. The van der Waals surface area contributed by atoms with Crippen LogP contribution >= 0.6 is 11.6 Å². The van der Waals surface area contributed by atoms with Gasteiger partial charge in [-0.1, -0.05) is 47.1 Å². The highest BCUT2D eigenvalue weighted by Crippen LogP contribution is 2.27. The number of carbonyl (C=O) groups is 1. The minimum absolute atomic E-state index is 0.121. The number of benzene rings is 2. The van der Waals surface area contributed by atoms with Crippen molar-refractivity contribution in [1.29, 1.82) is 0 Å². The van der Waals surface area contributed by atoms with Crippen LogP contribution < -0.4 is 4.84 Å². The zero-order chi connectivity index (χ0) is 25.5. The van der Waals surface area contributed by atoms with Gasteiger partial charge in [-0.05, 0) is 86.3 Å². The molecule has 192 valence electrons. The van der Waals surface area contributed by atoms with Gasteiger partial charge in [-0.15, -0.1) is 0 Å². The monoisotopic (exact) mass is 516 g/mol. The summed E-state index contributed by atoms with van der Waals surface area (Å²) in [5.41, 5.74) is 3.19. The number of aromatic nitrogens is 1. The summed E-state index contributed by atoms with van der Waals surface area (Å²) in [4.78, 5) is 27.7. The average Bonchev–Trinajstić information content (AvgIpc) is 2.96. The van der Waals surface area contributed by atoms with Crippen LogP contribution in [0.5, 0.6) is 5.75 Å². The molecule has 0 atom stereocenters. The predicted octanol–water partition coefficient (Wildman–Crippen LogP) is 5.67. The van der Waals surface area contributed by atoms with Crippen LogP contribution in [0, 0.1) is 11.8 Å². The third-order valence-corrected chi connectivity index (χ3v) is 7.67. The molecule has 3 heterocycles. The molecule has 2 saturated heterocycles. The number of halogens is 1. The van der Waals surface area contributed by atoms with Gasteiger partial charge in [-0.2, -0.15) is 0 Å². The summed E-state index contributed by atoms with van der Waals surface area (Å²) in [6.07, 6.45) is 7.26. The first kappa shape index (κ1) is 25.4. The lowest BCUT2D eigenvalue weighted by molar-refractivity contribution is -0.138. The number of carbonyl (C=O) groups excluding carboxylic acids is 1. The van der Waals surface area contributed by atoms with Crippen LogP contribution in [0.25, 0.3) is 0 Å². The second kappa shape index (κ2) is 12.3. The van der Waals surface area contributed by atoms with E-state index in [-0.39, 0.29) is 11.8 Å². The zero-order valence-corrected chi connectivity index (χ0v) is 21.8. The standard InChI is InChI=1S/C30H33ClN4O2/c31-27-8-6-24(7-9-27)29(33-37-28-4-2-1-3-5-28)25-14-20-35(21-15-25)30(36)26-12-18-34(19-13-26)22-23-10-16-32-17-11-23/h1-11,16-17,25-26H,12-15,18-22H2/b33-29+. The quantitative estimate of drug-likeness (QED) is 0.300. The largest absolute Gasteiger partial charge is 0.357 e. The Labute approximate surface area is 223 Å². The van der Waals surface area contributed by atoms with Crippen molar-refractivity contribution in [2.24, 2.45) is 17.0 Å². The van der Waals surface area contributed by atoms with Crippen LogP contribution in [0.15, 0.2) is 84.3 Å². The number of para-hydroxylation sites is 1. The van der Waals surface area contributed by atoms with Gasteiger partial charge < -0.3 is 9.74 Å². The van der Waals surface area contributed by atoms with Crippen molar-refractivity contribution < 1.29 is 9.63 Å². The molecular formula is C30H33ClN4O2. The number of nitrogens with zero attached hydrogens (tertiary/aromatic N) is 4. The predicted molar refractivity (Wildman–Crippen MR) is 147 cm³/mol. The summed E-state index contributed by atoms with van der Waals surface area (Å²) in [5, 5.41) is 5.27. The first-order chi connectivity index (χ1) is 18.2. The van der Waals surface area contributed by atoms with Crippen LogP contribution in [-0.4, -0.2) is 52.6 Å². The molecule has 1 amide bonds. The molecule has 2 aromatic carbocycles. The first-order valence-electron chi connectivity index (χ1n) is 13.1. The van der Waals surface area contributed by atoms with Gasteiger partial charge in [-0.3, -0.25) is 14.7 Å². The van der Waals surface area contributed by atoms with Gasteiger partial charge in [0.05, 0.1) is 5.71 Å². The van der Waals surface area contributed by atoms with Gasteiger partial charge in [0.25, 0.3) is 0 Å². The molecule has 2 fully saturated rings. The second-order valence-corrected chi connectivity index (χ2v) is 10.3. The van der Waals surface area contributed by atoms with E-state index in [1.165, 1.54) is 5.56 Å². The van der Waals surface area contributed by atoms with Crippen molar-refractivity contribution in [3.63, 3.8) is 0 Å². The lowest BCUT2D eigenvalue weighted by atomic mass is 9.87. The highest BCUT2D eigenvalue weighted by molar-refractivity contribution is 6.30. The van der Waals surface area contributed by atoms with Crippen molar-refractivity contribution in [1.82, 2.24) is 14.8 Å². The summed E-state index contributed by atoms with van der Waals surface area (Å²) in [6, 6.07) is 21.5. The van der Waals surface area contributed by atoms with Gasteiger partial charge in [-0.25, -0.2) is 0 Å². The zero-order valence-electron chi connectivity index (χ0n) is 21.0. The van der Waals surface area contributed by atoms with E-state index in [0.29, 0.717) is 16.7 Å². The van der Waals surface area contributed by atoms with Crippen LogP contribution in [0.3, 0.4) is 0 Å². The molecule has 0 bridgehead atoms. The van der Waals surface area contributed by atoms with Gasteiger partial charge in [0.15, 0.2) is 5.75 Å². The maximum absolute atomic E-state index is 13.3. The van der Waals surface area contributed by atoms with Gasteiger partial charge in [0.1, 0.15) is 0 Å². The Morgan fingerprint density at radius 2 is 1.51 bits per heavy atom. The third-order valence-electron chi connectivity index (χ3n) is 7.42. The molecule has 0 saturated carbocycles. The van der Waals surface area contributed by atoms with E-state index in [2.05, 4.69) is 32.1 Å². The summed E-state index contributed by atoms with van der Waals surface area (Å²) in [5.74, 6) is 1.36. The molecule has 0 N–H and O–H groups in total. The van der Waals surface area contributed by atoms with Crippen molar-refractivity contribution >= 4 is 23.2 Å². The van der Waals surface area contributed by atoms with Crippen LogP contribution in [0.2, 0.25) is 5.02 Å². The molecule has 7 heteroatoms. The minimum atomic E-state index is 0.121. The van der Waals surface area contributed by atoms with E-state index in [4.69, 9.17) is 16.4 Å². The fourth-order valence-corrected chi connectivity index (χ4v) is 5.41. The van der Waals surface area contributed by atoms with Crippen LogP contribution in [0.4, 0.5) is 0 Å². The number of pyridine rings is 1. The van der Waals surface area contributed by atoms with E-state index >= 15 is 0 Å². The lowest BCUT2D eigenvalue weighted by Gasteiger charge is -2.37. The maximum Gasteiger partial charge on any atom is 0.225 e. The molecule has 1 aromatic heterocycles. The van der Waals surface area contributed by atoms with E-state index in [1.54, 1.807) is 0 Å². The van der Waals surface area contributed by atoms with E-state index in [1.807, 2.05) is 67.0 Å². The first-order valence-corrected chi connectivity index (χ1v) is 13.5. The second-order valence-electron chi connectivity index (χ2n) is 9.89. The molecule has 6 nitrogen and oxygen atoms in total. The lowest BCUT2D eigenvalue weighted by Crippen LogP contribution is -2.46. The van der Waals surface area contributed by atoms with Gasteiger partial charge >= 0.3 is 0 Å².